The van der Waals surface area contributed by atoms with E-state index < -0.39 is 11.5 Å². The van der Waals surface area contributed by atoms with Gasteiger partial charge >= 0.3 is 0 Å². The Balaban J connectivity index is 2.21. The van der Waals surface area contributed by atoms with Crippen LogP contribution < -0.4 is 15.6 Å². The van der Waals surface area contributed by atoms with E-state index in [9.17, 15) is 14.9 Å². The number of nitriles is 1. The first-order chi connectivity index (χ1) is 14.4. The summed E-state index contributed by atoms with van der Waals surface area (Å²) < 4.78 is 7.17. The number of hydrogen-bond acceptors (Lipinski definition) is 5. The highest BCUT2D eigenvalue weighted by molar-refractivity contribution is 6.30. The molecule has 150 valence electrons. The topological polar surface area (TPSA) is 96.5 Å². The number of carbonyl (C=O) groups excluding carboxylic acids is 1. The molecule has 1 N–H and O–H groups in total. The van der Waals surface area contributed by atoms with Crippen LogP contribution >= 0.6 is 11.6 Å². The number of ether oxygens (including phenoxy) is 1. The lowest BCUT2D eigenvalue weighted by Gasteiger charge is -2.11. The van der Waals surface area contributed by atoms with Crippen LogP contribution in [0.2, 0.25) is 5.02 Å². The van der Waals surface area contributed by atoms with E-state index in [1.807, 2.05) is 19.1 Å². The molecule has 7 nitrogen and oxygen atoms in total. The highest BCUT2D eigenvalue weighted by Gasteiger charge is 2.17. The zero-order chi connectivity index (χ0) is 21.7. The van der Waals surface area contributed by atoms with Crippen molar-refractivity contribution in [1.82, 2.24) is 14.7 Å². The van der Waals surface area contributed by atoms with Crippen molar-refractivity contribution >= 4 is 29.2 Å². The van der Waals surface area contributed by atoms with Crippen LogP contribution in [0.5, 0.6) is 11.6 Å². The fourth-order valence-corrected chi connectivity index (χ4v) is 2.79. The maximum atomic E-state index is 13.2. The average Bonchev–Trinajstić information content (AvgIpc) is 2.74. The van der Waals surface area contributed by atoms with Gasteiger partial charge in [0.1, 0.15) is 28.6 Å². The van der Waals surface area contributed by atoms with Crippen LogP contribution in [0, 0.1) is 18.3 Å². The summed E-state index contributed by atoms with van der Waals surface area (Å²) in [6.45, 7) is 5.51. The predicted octanol–water partition coefficient (Wildman–Crippen LogP) is 3.66. The monoisotopic (exact) mass is 420 g/mol. The summed E-state index contributed by atoms with van der Waals surface area (Å²) in [6.07, 6.45) is 4.22. The van der Waals surface area contributed by atoms with Gasteiger partial charge in [-0.2, -0.15) is 10.2 Å². The van der Waals surface area contributed by atoms with E-state index in [0.29, 0.717) is 16.4 Å². The summed E-state index contributed by atoms with van der Waals surface area (Å²) in [5.41, 5.74) is 0.396. The molecule has 1 aromatic carbocycles. The van der Waals surface area contributed by atoms with Crippen molar-refractivity contribution in [3.05, 3.63) is 87.3 Å². The Labute approximate surface area is 177 Å². The Morgan fingerprint density at radius 2 is 2.10 bits per heavy atom. The number of halogens is 1. The number of nitrogens with zero attached hydrogens (tertiary/aromatic N) is 3. The molecule has 0 fully saturated rings. The van der Waals surface area contributed by atoms with E-state index in [2.05, 4.69) is 16.9 Å². The number of aryl methyl sites for hydroxylation is 1. The zero-order valence-electron chi connectivity index (χ0n) is 16.1. The number of carbonyl (C=O) groups is 1. The molecule has 0 aliphatic heterocycles. The Morgan fingerprint density at radius 1 is 1.37 bits per heavy atom. The van der Waals surface area contributed by atoms with Gasteiger partial charge < -0.3 is 10.1 Å². The quantitative estimate of drug-likeness (QED) is 0.373. The molecule has 2 heterocycles. The van der Waals surface area contributed by atoms with Gasteiger partial charge in [-0.3, -0.25) is 14.0 Å². The number of rotatable bonds is 6. The maximum absolute atomic E-state index is 13.2. The lowest BCUT2D eigenvalue weighted by molar-refractivity contribution is -0.116. The van der Waals surface area contributed by atoms with Gasteiger partial charge in [-0.15, -0.1) is 6.58 Å². The zero-order valence-corrected chi connectivity index (χ0v) is 16.8. The molecule has 0 saturated heterocycles. The minimum Gasteiger partial charge on any atom is -0.438 e. The Morgan fingerprint density at radius 3 is 2.77 bits per heavy atom. The van der Waals surface area contributed by atoms with E-state index in [4.69, 9.17) is 16.3 Å². The second-order valence-corrected chi connectivity index (χ2v) is 6.68. The maximum Gasteiger partial charge on any atom is 0.269 e. The van der Waals surface area contributed by atoms with Crippen molar-refractivity contribution in [2.24, 2.45) is 0 Å². The van der Waals surface area contributed by atoms with Gasteiger partial charge in [0.15, 0.2) is 0 Å². The first-order valence-electron chi connectivity index (χ1n) is 8.91. The number of hydrogen-bond donors (Lipinski definition) is 1. The van der Waals surface area contributed by atoms with Crippen molar-refractivity contribution < 1.29 is 9.53 Å². The van der Waals surface area contributed by atoms with Crippen molar-refractivity contribution in [2.75, 3.05) is 6.54 Å². The van der Waals surface area contributed by atoms with Gasteiger partial charge in [0.2, 0.25) is 5.88 Å². The van der Waals surface area contributed by atoms with Crippen molar-refractivity contribution in [3.63, 3.8) is 0 Å². The van der Waals surface area contributed by atoms with Crippen LogP contribution in [0.25, 0.3) is 11.7 Å². The van der Waals surface area contributed by atoms with E-state index in [-0.39, 0.29) is 23.6 Å². The summed E-state index contributed by atoms with van der Waals surface area (Å²) in [5.74, 6) is -0.266. The number of pyridine rings is 1. The SMILES string of the molecule is C=CCNC(=O)C(C#N)=Cc1c(Oc2ccc(Cl)cc2)nc2c(C)cccn2c1=O. The second kappa shape index (κ2) is 9.07. The Kier molecular flexibility index (Phi) is 6.30. The molecule has 0 radical (unpaired) electrons. The van der Waals surface area contributed by atoms with E-state index in [1.165, 1.54) is 16.6 Å². The molecule has 30 heavy (non-hydrogen) atoms. The van der Waals surface area contributed by atoms with Crippen LogP contribution in [0.1, 0.15) is 11.1 Å². The first-order valence-corrected chi connectivity index (χ1v) is 9.28. The van der Waals surface area contributed by atoms with E-state index in [0.717, 1.165) is 5.56 Å². The highest BCUT2D eigenvalue weighted by Crippen LogP contribution is 2.25. The van der Waals surface area contributed by atoms with Gasteiger partial charge in [-0.1, -0.05) is 23.7 Å². The minimum absolute atomic E-state index is 0.0270. The van der Waals surface area contributed by atoms with Crippen molar-refractivity contribution in [1.29, 1.82) is 5.26 Å². The van der Waals surface area contributed by atoms with Crippen LogP contribution in [0.3, 0.4) is 0 Å². The molecule has 0 aliphatic rings. The van der Waals surface area contributed by atoms with Gasteiger partial charge in [0.25, 0.3) is 11.5 Å². The van der Waals surface area contributed by atoms with Crippen LogP contribution in [0.4, 0.5) is 0 Å². The molecule has 8 heteroatoms. The van der Waals surface area contributed by atoms with E-state index in [1.54, 1.807) is 36.5 Å². The normalized spacial score (nSPS) is 11.0. The van der Waals surface area contributed by atoms with Crippen molar-refractivity contribution in [2.45, 2.75) is 6.92 Å². The van der Waals surface area contributed by atoms with Gasteiger partial charge in [-0.25, -0.2) is 0 Å². The number of benzene rings is 1. The number of aromatic nitrogens is 2. The Hall–Kier alpha value is -3.89. The van der Waals surface area contributed by atoms with Gasteiger partial charge in [0, 0.05) is 17.8 Å². The van der Waals surface area contributed by atoms with Gasteiger partial charge in [-0.05, 0) is 48.9 Å². The molecular weight excluding hydrogens is 404 g/mol. The fourth-order valence-electron chi connectivity index (χ4n) is 2.66. The first kappa shape index (κ1) is 20.8. The molecule has 0 atom stereocenters. The molecule has 0 unspecified atom stereocenters. The molecule has 0 bridgehead atoms. The third kappa shape index (κ3) is 4.40. The molecular formula is C22H17ClN4O3. The largest absolute Gasteiger partial charge is 0.438 e. The Bertz CT molecular complexity index is 1250. The number of nitrogens with one attached hydrogen (secondary N) is 1. The molecule has 1 amide bonds. The van der Waals surface area contributed by atoms with Crippen LogP contribution in [0.15, 0.2) is 65.6 Å². The second-order valence-electron chi connectivity index (χ2n) is 6.25. The lowest BCUT2D eigenvalue weighted by atomic mass is 10.1. The molecule has 3 rings (SSSR count). The summed E-state index contributed by atoms with van der Waals surface area (Å²) in [6, 6.07) is 11.8. The molecule has 0 aliphatic carbocycles. The number of fused-ring (bicyclic) bond motifs is 1. The van der Waals surface area contributed by atoms with E-state index >= 15 is 0 Å². The smallest absolute Gasteiger partial charge is 0.269 e. The summed E-state index contributed by atoms with van der Waals surface area (Å²) in [4.78, 5) is 29.9. The number of amides is 1. The highest BCUT2D eigenvalue weighted by atomic mass is 35.5. The van der Waals surface area contributed by atoms with Crippen molar-refractivity contribution in [3.8, 4) is 17.7 Å². The third-order valence-corrected chi connectivity index (χ3v) is 4.39. The van der Waals surface area contributed by atoms with Gasteiger partial charge in [0.05, 0.1) is 0 Å². The molecule has 2 aromatic heterocycles. The minimum atomic E-state index is -0.636. The molecule has 0 saturated carbocycles. The summed E-state index contributed by atoms with van der Waals surface area (Å²) in [7, 11) is 0. The average molecular weight is 421 g/mol. The summed E-state index contributed by atoms with van der Waals surface area (Å²) >= 11 is 5.91. The van der Waals surface area contributed by atoms with Crippen LogP contribution in [-0.4, -0.2) is 21.8 Å². The third-order valence-electron chi connectivity index (χ3n) is 4.14. The standard InChI is InChI=1S/C22H17ClN4O3/c1-3-10-25-20(28)15(13-24)12-18-21(30-17-8-6-16(23)7-9-17)26-19-14(2)5-4-11-27(19)22(18)29/h3-9,11-12H,1,10H2,2H3,(H,25,28). The fraction of sp³-hybridized carbons (Fsp3) is 0.0909. The predicted molar refractivity (Wildman–Crippen MR) is 115 cm³/mol. The molecule has 3 aromatic rings. The summed E-state index contributed by atoms with van der Waals surface area (Å²) in [5, 5.41) is 12.5. The lowest BCUT2D eigenvalue weighted by Crippen LogP contribution is -2.25. The van der Waals surface area contributed by atoms with Crippen LogP contribution in [-0.2, 0) is 4.79 Å². The molecule has 0 spiro atoms.